The highest BCUT2D eigenvalue weighted by atomic mass is 16.6. The summed E-state index contributed by atoms with van der Waals surface area (Å²) in [6, 6.07) is 0. The molecule has 2 aliphatic rings. The highest BCUT2D eigenvalue weighted by Crippen LogP contribution is 2.28. The lowest BCUT2D eigenvalue weighted by molar-refractivity contribution is -0.122. The standard InChI is InChI=1S/C11H18N2O3/c1-11(2,3)16-10(15)13-5-7-4-12-9(14)8(7)6-13/h7-8H,4-6H2,1-3H3,(H,12,14). The van der Waals surface area contributed by atoms with Gasteiger partial charge in [0.1, 0.15) is 5.60 Å². The van der Waals surface area contributed by atoms with Gasteiger partial charge in [0.05, 0.1) is 5.92 Å². The van der Waals surface area contributed by atoms with Crippen LogP contribution in [0.1, 0.15) is 20.8 Å². The van der Waals surface area contributed by atoms with Crippen LogP contribution in [0.2, 0.25) is 0 Å². The average molecular weight is 226 g/mol. The molecule has 0 bridgehead atoms. The van der Waals surface area contributed by atoms with Crippen LogP contribution in [0.4, 0.5) is 4.79 Å². The molecule has 0 spiro atoms. The van der Waals surface area contributed by atoms with Gasteiger partial charge in [-0.2, -0.15) is 0 Å². The maximum atomic E-state index is 11.8. The van der Waals surface area contributed by atoms with Crippen molar-refractivity contribution in [3.63, 3.8) is 0 Å². The molecule has 5 nitrogen and oxygen atoms in total. The summed E-state index contributed by atoms with van der Waals surface area (Å²) in [7, 11) is 0. The minimum absolute atomic E-state index is 0.0347. The molecular formula is C11H18N2O3. The third kappa shape index (κ3) is 2.13. The summed E-state index contributed by atoms with van der Waals surface area (Å²) >= 11 is 0. The van der Waals surface area contributed by atoms with Crippen molar-refractivity contribution in [1.29, 1.82) is 0 Å². The molecule has 0 aromatic heterocycles. The summed E-state index contributed by atoms with van der Waals surface area (Å²) in [5.74, 6) is 0.295. The fourth-order valence-electron chi connectivity index (χ4n) is 2.21. The first-order chi connectivity index (χ1) is 7.37. The number of carbonyl (C=O) groups excluding carboxylic acids is 2. The Morgan fingerprint density at radius 1 is 1.44 bits per heavy atom. The number of ether oxygens (including phenoxy) is 1. The molecule has 0 radical (unpaired) electrons. The van der Waals surface area contributed by atoms with Crippen LogP contribution < -0.4 is 5.32 Å². The molecular weight excluding hydrogens is 208 g/mol. The smallest absolute Gasteiger partial charge is 0.410 e. The number of nitrogens with zero attached hydrogens (tertiary/aromatic N) is 1. The summed E-state index contributed by atoms with van der Waals surface area (Å²) in [6.07, 6.45) is -0.310. The van der Waals surface area contributed by atoms with Crippen molar-refractivity contribution in [3.8, 4) is 0 Å². The zero-order valence-electron chi connectivity index (χ0n) is 9.95. The Bertz CT molecular complexity index is 322. The second-order valence-corrected chi connectivity index (χ2v) is 5.50. The Morgan fingerprint density at radius 2 is 2.12 bits per heavy atom. The van der Waals surface area contributed by atoms with Crippen molar-refractivity contribution in [2.45, 2.75) is 26.4 Å². The molecule has 2 heterocycles. The van der Waals surface area contributed by atoms with E-state index in [1.807, 2.05) is 20.8 Å². The van der Waals surface area contributed by atoms with Crippen LogP contribution in [0.15, 0.2) is 0 Å². The van der Waals surface area contributed by atoms with Crippen LogP contribution in [0.3, 0.4) is 0 Å². The lowest BCUT2D eigenvalue weighted by Gasteiger charge is -2.24. The summed E-state index contributed by atoms with van der Waals surface area (Å²) < 4.78 is 5.28. The summed E-state index contributed by atoms with van der Waals surface area (Å²) in [5, 5.41) is 2.81. The highest BCUT2D eigenvalue weighted by Gasteiger charge is 2.44. The van der Waals surface area contributed by atoms with Gasteiger partial charge in [-0.3, -0.25) is 4.79 Å². The molecule has 1 N–H and O–H groups in total. The number of hydrogen-bond acceptors (Lipinski definition) is 3. The Hall–Kier alpha value is -1.26. The maximum Gasteiger partial charge on any atom is 0.410 e. The molecule has 0 saturated carbocycles. The zero-order chi connectivity index (χ0) is 11.9. The molecule has 2 atom stereocenters. The monoisotopic (exact) mass is 226 g/mol. The van der Waals surface area contributed by atoms with Crippen LogP contribution in [-0.4, -0.2) is 42.1 Å². The van der Waals surface area contributed by atoms with E-state index in [1.54, 1.807) is 4.90 Å². The largest absolute Gasteiger partial charge is 0.444 e. The van der Waals surface area contributed by atoms with Crippen molar-refractivity contribution in [3.05, 3.63) is 0 Å². The second kappa shape index (κ2) is 3.64. The molecule has 90 valence electrons. The van der Waals surface area contributed by atoms with E-state index in [1.165, 1.54) is 0 Å². The molecule has 0 aliphatic carbocycles. The quantitative estimate of drug-likeness (QED) is 0.658. The van der Waals surface area contributed by atoms with Gasteiger partial charge >= 0.3 is 6.09 Å². The van der Waals surface area contributed by atoms with Gasteiger partial charge in [-0.05, 0) is 20.8 Å². The van der Waals surface area contributed by atoms with E-state index in [-0.39, 0.29) is 23.8 Å². The normalized spacial score (nSPS) is 28.9. The van der Waals surface area contributed by atoms with Crippen LogP contribution in [-0.2, 0) is 9.53 Å². The maximum absolute atomic E-state index is 11.8. The Kier molecular flexibility index (Phi) is 2.56. The van der Waals surface area contributed by atoms with Crippen molar-refractivity contribution in [2.24, 2.45) is 11.8 Å². The van der Waals surface area contributed by atoms with Crippen LogP contribution in [0, 0.1) is 11.8 Å². The summed E-state index contributed by atoms with van der Waals surface area (Å²) in [4.78, 5) is 24.8. The van der Waals surface area contributed by atoms with E-state index in [0.29, 0.717) is 19.6 Å². The Morgan fingerprint density at radius 3 is 2.69 bits per heavy atom. The van der Waals surface area contributed by atoms with Gasteiger partial charge in [0, 0.05) is 25.6 Å². The predicted molar refractivity (Wildman–Crippen MR) is 57.8 cm³/mol. The third-order valence-electron chi connectivity index (χ3n) is 2.97. The molecule has 2 amide bonds. The molecule has 2 aliphatic heterocycles. The topological polar surface area (TPSA) is 58.6 Å². The fourth-order valence-corrected chi connectivity index (χ4v) is 2.21. The fraction of sp³-hybridized carbons (Fsp3) is 0.818. The van der Waals surface area contributed by atoms with Gasteiger partial charge in [-0.1, -0.05) is 0 Å². The molecule has 2 rings (SSSR count). The van der Waals surface area contributed by atoms with Crippen molar-refractivity contribution in [2.75, 3.05) is 19.6 Å². The summed E-state index contributed by atoms with van der Waals surface area (Å²) in [6.45, 7) is 7.32. The molecule has 16 heavy (non-hydrogen) atoms. The van der Waals surface area contributed by atoms with Crippen molar-refractivity contribution in [1.82, 2.24) is 10.2 Å². The van der Waals surface area contributed by atoms with Crippen LogP contribution in [0.25, 0.3) is 0 Å². The van der Waals surface area contributed by atoms with Gasteiger partial charge in [0.2, 0.25) is 5.91 Å². The Balaban J connectivity index is 1.94. The molecule has 2 fully saturated rings. The van der Waals surface area contributed by atoms with E-state index in [4.69, 9.17) is 4.74 Å². The third-order valence-corrected chi connectivity index (χ3v) is 2.97. The van der Waals surface area contributed by atoms with E-state index in [2.05, 4.69) is 5.32 Å². The zero-order valence-corrected chi connectivity index (χ0v) is 9.95. The number of fused-ring (bicyclic) bond motifs is 1. The molecule has 0 aromatic carbocycles. The van der Waals surface area contributed by atoms with Crippen molar-refractivity contribution < 1.29 is 14.3 Å². The minimum Gasteiger partial charge on any atom is -0.444 e. The molecule has 5 heteroatoms. The molecule has 2 saturated heterocycles. The van der Waals surface area contributed by atoms with Crippen LogP contribution >= 0.6 is 0 Å². The SMILES string of the molecule is CC(C)(C)OC(=O)N1CC2CNC(=O)C2C1. The highest BCUT2D eigenvalue weighted by molar-refractivity contribution is 5.83. The number of hydrogen-bond donors (Lipinski definition) is 1. The van der Waals surface area contributed by atoms with Gasteiger partial charge in [-0.25, -0.2) is 4.79 Å². The Labute approximate surface area is 95.1 Å². The number of amides is 2. The van der Waals surface area contributed by atoms with Gasteiger partial charge in [-0.15, -0.1) is 0 Å². The predicted octanol–water partition coefficient (Wildman–Crippen LogP) is 0.599. The van der Waals surface area contributed by atoms with E-state index in [9.17, 15) is 9.59 Å². The second-order valence-electron chi connectivity index (χ2n) is 5.50. The molecule has 2 unspecified atom stereocenters. The van der Waals surface area contributed by atoms with Gasteiger partial charge in [0.25, 0.3) is 0 Å². The first-order valence-corrected chi connectivity index (χ1v) is 5.62. The summed E-state index contributed by atoms with van der Waals surface area (Å²) in [5.41, 5.74) is -0.475. The number of likely N-dealkylation sites (tertiary alicyclic amines) is 1. The average Bonchev–Trinajstić information content (AvgIpc) is 2.65. The van der Waals surface area contributed by atoms with E-state index >= 15 is 0 Å². The van der Waals surface area contributed by atoms with E-state index < -0.39 is 5.60 Å². The number of nitrogens with one attached hydrogen (secondary N) is 1. The number of rotatable bonds is 0. The van der Waals surface area contributed by atoms with Crippen LogP contribution in [0.5, 0.6) is 0 Å². The molecule has 0 aromatic rings. The van der Waals surface area contributed by atoms with Crippen molar-refractivity contribution >= 4 is 12.0 Å². The van der Waals surface area contributed by atoms with Gasteiger partial charge in [0.15, 0.2) is 0 Å². The van der Waals surface area contributed by atoms with E-state index in [0.717, 1.165) is 0 Å². The minimum atomic E-state index is -0.475. The van der Waals surface area contributed by atoms with Gasteiger partial charge < -0.3 is 15.0 Å². The first kappa shape index (κ1) is 11.2. The number of carbonyl (C=O) groups is 2. The lowest BCUT2D eigenvalue weighted by atomic mass is 10.0. The lowest BCUT2D eigenvalue weighted by Crippen LogP contribution is -2.37. The first-order valence-electron chi connectivity index (χ1n) is 5.62.